The van der Waals surface area contributed by atoms with Crippen molar-refractivity contribution in [2.24, 2.45) is 0 Å². The van der Waals surface area contributed by atoms with Gasteiger partial charge in [-0.15, -0.1) is 11.8 Å². The Morgan fingerprint density at radius 1 is 1.00 bits per heavy atom. The smallest absolute Gasteiger partial charge is 0.254 e. The first-order chi connectivity index (χ1) is 20.2. The lowest BCUT2D eigenvalue weighted by molar-refractivity contribution is -0.148. The van der Waals surface area contributed by atoms with E-state index in [2.05, 4.69) is 10.6 Å². The second-order valence-corrected chi connectivity index (χ2v) is 12.6. The third-order valence-electron chi connectivity index (χ3n) is 8.55. The van der Waals surface area contributed by atoms with Crippen LogP contribution in [0.25, 0.3) is 0 Å². The van der Waals surface area contributed by atoms with Crippen molar-refractivity contribution in [2.75, 3.05) is 5.88 Å². The molecule has 5 rings (SSSR count). The van der Waals surface area contributed by atoms with Crippen molar-refractivity contribution in [1.82, 2.24) is 15.5 Å². The number of phenolic OH excluding ortho intramolecular Hbond substituents is 1. The van der Waals surface area contributed by atoms with E-state index in [1.54, 1.807) is 30.8 Å². The summed E-state index contributed by atoms with van der Waals surface area (Å²) < 4.78 is -0.373. The molecule has 3 aromatic rings. The molecule has 220 valence electrons. The summed E-state index contributed by atoms with van der Waals surface area (Å²) >= 11 is 1.59. The minimum absolute atomic E-state index is 0.0154. The number of thioether (sulfide) groups is 1. The topological polar surface area (TPSA) is 119 Å². The predicted octanol–water partition coefficient (Wildman–Crippen LogP) is 3.85. The number of aliphatic hydroxyl groups excluding tert-OH is 1. The van der Waals surface area contributed by atoms with Gasteiger partial charge in [0.2, 0.25) is 5.91 Å². The molecule has 3 amide bonds. The summed E-state index contributed by atoms with van der Waals surface area (Å²) in [7, 11) is 0. The van der Waals surface area contributed by atoms with Gasteiger partial charge in [-0.1, -0.05) is 67.1 Å². The van der Waals surface area contributed by atoms with Crippen LogP contribution in [0.1, 0.15) is 51.9 Å². The van der Waals surface area contributed by atoms with Gasteiger partial charge in [-0.3, -0.25) is 14.4 Å². The van der Waals surface area contributed by atoms with Gasteiger partial charge in [-0.05, 0) is 61.9 Å². The van der Waals surface area contributed by atoms with Crippen molar-refractivity contribution in [3.63, 3.8) is 0 Å². The zero-order valence-electron chi connectivity index (χ0n) is 23.9. The number of carbonyl (C=O) groups is 3. The number of phenols is 1. The highest BCUT2D eigenvalue weighted by Crippen LogP contribution is 2.53. The van der Waals surface area contributed by atoms with Gasteiger partial charge in [0.05, 0.1) is 11.9 Å². The number of benzene rings is 3. The molecule has 2 aliphatic rings. The third-order valence-corrected chi connectivity index (χ3v) is 10.2. The monoisotopic (exact) mass is 587 g/mol. The first kappa shape index (κ1) is 29.7. The molecule has 1 spiro atoms. The predicted molar refractivity (Wildman–Crippen MR) is 163 cm³/mol. The van der Waals surface area contributed by atoms with Crippen molar-refractivity contribution in [1.29, 1.82) is 0 Å². The van der Waals surface area contributed by atoms with E-state index < -0.39 is 30.0 Å². The van der Waals surface area contributed by atoms with Crippen molar-refractivity contribution in [3.8, 4) is 5.75 Å². The number of nitrogens with one attached hydrogen (secondary N) is 2. The molecule has 1 unspecified atom stereocenters. The molecule has 4 N–H and O–H groups in total. The maximum Gasteiger partial charge on any atom is 0.254 e. The summed E-state index contributed by atoms with van der Waals surface area (Å²) in [5, 5.41) is 27.5. The molecule has 1 aliphatic carbocycles. The number of carbonyl (C=O) groups excluding carboxylic acids is 3. The minimum atomic E-state index is -1.59. The number of nitrogens with zero attached hydrogens (tertiary/aromatic N) is 1. The van der Waals surface area contributed by atoms with E-state index in [9.17, 15) is 24.6 Å². The van der Waals surface area contributed by atoms with Gasteiger partial charge in [-0.25, -0.2) is 0 Å². The zero-order chi connectivity index (χ0) is 29.9. The molecule has 8 nitrogen and oxygen atoms in total. The highest BCUT2D eigenvalue weighted by Gasteiger charge is 2.57. The molecule has 0 aromatic heterocycles. The van der Waals surface area contributed by atoms with Crippen LogP contribution >= 0.6 is 11.8 Å². The van der Waals surface area contributed by atoms with Crippen molar-refractivity contribution in [2.45, 2.75) is 69.0 Å². The maximum absolute atomic E-state index is 14.0. The fraction of sp³-hybridized carbons (Fsp3) is 0.364. The zero-order valence-corrected chi connectivity index (χ0v) is 24.7. The van der Waals surface area contributed by atoms with E-state index in [1.807, 2.05) is 61.5 Å². The number of hydrogen-bond acceptors (Lipinski definition) is 6. The number of hydrogen-bond donors (Lipinski definition) is 4. The molecule has 1 saturated heterocycles. The van der Waals surface area contributed by atoms with Crippen LogP contribution in [0.5, 0.6) is 5.75 Å². The first-order valence-electron chi connectivity index (χ1n) is 14.3. The highest BCUT2D eigenvalue weighted by molar-refractivity contribution is 8.01. The summed E-state index contributed by atoms with van der Waals surface area (Å²) in [6.45, 7) is 3.98. The largest absolute Gasteiger partial charge is 0.508 e. The molecular weight excluding hydrogens is 550 g/mol. The van der Waals surface area contributed by atoms with Gasteiger partial charge < -0.3 is 25.7 Å². The van der Waals surface area contributed by atoms with Crippen LogP contribution in [0.3, 0.4) is 0 Å². The van der Waals surface area contributed by atoms with Crippen LogP contribution in [0, 0.1) is 13.8 Å². The number of amides is 3. The van der Waals surface area contributed by atoms with Crippen LogP contribution in [0.15, 0.2) is 72.8 Å². The number of aryl methyl sites for hydroxylation is 1. The van der Waals surface area contributed by atoms with Gasteiger partial charge in [0.1, 0.15) is 11.8 Å². The fourth-order valence-electron chi connectivity index (χ4n) is 5.80. The fourth-order valence-corrected chi connectivity index (χ4v) is 7.45. The maximum atomic E-state index is 14.0. The van der Waals surface area contributed by atoms with E-state index in [1.165, 1.54) is 11.0 Å². The van der Waals surface area contributed by atoms with Crippen molar-refractivity contribution < 1.29 is 24.6 Å². The minimum Gasteiger partial charge on any atom is -0.508 e. The Hall–Kier alpha value is -3.82. The Balaban J connectivity index is 1.37. The molecule has 1 saturated carbocycles. The summed E-state index contributed by atoms with van der Waals surface area (Å²) in [6, 6.07) is 20.1. The van der Waals surface area contributed by atoms with Crippen molar-refractivity contribution >= 4 is 29.5 Å². The number of rotatable bonds is 9. The Labute approximate surface area is 250 Å². The Morgan fingerprint density at radius 3 is 2.40 bits per heavy atom. The summed E-state index contributed by atoms with van der Waals surface area (Å²) in [4.78, 5) is 42.5. The highest BCUT2D eigenvalue weighted by atomic mass is 32.2. The summed E-state index contributed by atoms with van der Waals surface area (Å²) in [6.07, 6.45) is 1.24. The second-order valence-electron chi connectivity index (χ2n) is 11.2. The molecule has 9 heteroatoms. The Morgan fingerprint density at radius 2 is 1.71 bits per heavy atom. The van der Waals surface area contributed by atoms with Crippen LogP contribution < -0.4 is 10.6 Å². The molecule has 3 aromatic carbocycles. The van der Waals surface area contributed by atoms with Gasteiger partial charge >= 0.3 is 0 Å². The molecule has 1 heterocycles. The van der Waals surface area contributed by atoms with E-state index >= 15 is 0 Å². The van der Waals surface area contributed by atoms with Gasteiger partial charge in [0.25, 0.3) is 11.8 Å². The number of aliphatic hydroxyl groups is 1. The average Bonchev–Trinajstić information content (AvgIpc) is 3.39. The Bertz CT molecular complexity index is 1460. The van der Waals surface area contributed by atoms with E-state index in [4.69, 9.17) is 0 Å². The molecule has 0 bridgehead atoms. The van der Waals surface area contributed by atoms with Crippen LogP contribution in [0.4, 0.5) is 0 Å². The molecule has 2 fully saturated rings. The molecular formula is C33H37N3O5S. The lowest BCUT2D eigenvalue weighted by atomic mass is 9.77. The molecule has 42 heavy (non-hydrogen) atoms. The molecule has 0 radical (unpaired) electrons. The molecule has 3 atom stereocenters. The van der Waals surface area contributed by atoms with E-state index in [-0.39, 0.29) is 34.3 Å². The lowest BCUT2D eigenvalue weighted by Crippen LogP contribution is -2.61. The lowest BCUT2D eigenvalue weighted by Gasteiger charge is -2.43. The van der Waals surface area contributed by atoms with E-state index in [0.717, 1.165) is 36.0 Å². The quantitative estimate of drug-likeness (QED) is 0.302. The third kappa shape index (κ3) is 6.03. The van der Waals surface area contributed by atoms with Gasteiger partial charge in [0, 0.05) is 22.4 Å². The second kappa shape index (κ2) is 12.6. The van der Waals surface area contributed by atoms with Crippen LogP contribution in [-0.4, -0.2) is 61.6 Å². The normalized spacial score (nSPS) is 18.6. The SMILES string of the molecule is Cc1ccccc1CNC(=O)[C@H]1N(C(=O)[C@@H](O)C(Cc2ccccc2)NC(=O)c2cccc(O)c2C)CSC12CCC2. The first-order valence-corrected chi connectivity index (χ1v) is 15.3. The standard InChI is InChI=1S/C33H37N3O5S/c1-21-10-6-7-13-24(21)19-34-31(40)29-33(16-9-17-33)42-20-36(29)32(41)28(38)26(18-23-11-4-3-5-12-23)35-30(39)25-14-8-15-27(37)22(25)2/h3-8,10-15,26,28-29,37-38H,9,16-20H2,1-2H3,(H,34,40)(H,35,39)/t26?,28-,29+/m0/s1. The van der Waals surface area contributed by atoms with Crippen LogP contribution in [-0.2, 0) is 22.6 Å². The Kier molecular flexibility index (Phi) is 8.89. The molecule has 1 aliphatic heterocycles. The van der Waals surface area contributed by atoms with Crippen LogP contribution in [0.2, 0.25) is 0 Å². The van der Waals surface area contributed by atoms with Crippen molar-refractivity contribution in [3.05, 3.63) is 101 Å². The summed E-state index contributed by atoms with van der Waals surface area (Å²) in [5.41, 5.74) is 3.57. The van der Waals surface area contributed by atoms with E-state index in [0.29, 0.717) is 12.1 Å². The van der Waals surface area contributed by atoms with Gasteiger partial charge in [0.15, 0.2) is 6.10 Å². The van der Waals surface area contributed by atoms with Gasteiger partial charge in [-0.2, -0.15) is 0 Å². The average molecular weight is 588 g/mol. The summed E-state index contributed by atoms with van der Waals surface area (Å²) in [5.74, 6) is -1.05. The number of aromatic hydroxyl groups is 1.